The van der Waals surface area contributed by atoms with E-state index in [0.717, 1.165) is 5.56 Å². The number of carbonyl (C=O) groups excluding carboxylic acids is 1. The van der Waals surface area contributed by atoms with Gasteiger partial charge in [0.2, 0.25) is 8.32 Å². The van der Waals surface area contributed by atoms with E-state index in [4.69, 9.17) is 4.43 Å². The molecule has 0 spiro atoms. The number of hydrogen-bond acceptors (Lipinski definition) is 2. The first kappa shape index (κ1) is 19.7. The molecule has 0 aliphatic heterocycles. The number of Topliss-reactive ketones (excluding diaryl/α,β-unsaturated/α-hetero) is 1. The van der Waals surface area contributed by atoms with Gasteiger partial charge in [0.1, 0.15) is 5.75 Å². The summed E-state index contributed by atoms with van der Waals surface area (Å²) in [6.07, 6.45) is -4.88. The van der Waals surface area contributed by atoms with Crippen molar-refractivity contribution < 1.29 is 22.4 Å². The van der Waals surface area contributed by atoms with Crippen LogP contribution in [0.3, 0.4) is 0 Å². The van der Waals surface area contributed by atoms with Crippen molar-refractivity contribution in [1.29, 1.82) is 0 Å². The van der Waals surface area contributed by atoms with Crippen molar-refractivity contribution >= 4 is 14.1 Å². The molecule has 0 saturated heterocycles. The maximum absolute atomic E-state index is 12.7. The number of ketones is 1. The van der Waals surface area contributed by atoms with Crippen LogP contribution in [-0.4, -0.2) is 20.3 Å². The molecule has 0 saturated carbocycles. The molecule has 2 nitrogen and oxygen atoms in total. The van der Waals surface area contributed by atoms with Gasteiger partial charge in [-0.1, -0.05) is 46.8 Å². The van der Waals surface area contributed by atoms with Gasteiger partial charge in [0.05, 0.1) is 0 Å². The normalized spacial score (nSPS) is 13.3. The Balaban J connectivity index is 3.36. The van der Waals surface area contributed by atoms with Gasteiger partial charge in [0, 0.05) is 5.56 Å². The van der Waals surface area contributed by atoms with Crippen LogP contribution in [0.2, 0.25) is 18.1 Å². The molecule has 0 aromatic heterocycles. The Hall–Kier alpha value is -1.30. The molecule has 0 unspecified atom stereocenters. The predicted molar refractivity (Wildman–Crippen MR) is 88.7 cm³/mol. The molecule has 0 bridgehead atoms. The fourth-order valence-electron chi connectivity index (χ4n) is 1.83. The summed E-state index contributed by atoms with van der Waals surface area (Å²) >= 11 is 0. The lowest BCUT2D eigenvalue weighted by Gasteiger charge is -2.37. The molecule has 0 aliphatic carbocycles. The fraction of sp³-hybridized carbons (Fsp3) is 0.588. The highest BCUT2D eigenvalue weighted by Gasteiger charge is 2.41. The van der Waals surface area contributed by atoms with Gasteiger partial charge in [0.25, 0.3) is 5.78 Å². The molecular weight excluding hydrogens is 321 g/mol. The predicted octanol–water partition coefficient (Wildman–Crippen LogP) is 5.94. The molecule has 6 heteroatoms. The number of hydrogen-bond donors (Lipinski definition) is 0. The summed E-state index contributed by atoms with van der Waals surface area (Å²) in [7, 11) is -2.22. The second kappa shape index (κ2) is 6.30. The number of rotatable bonds is 4. The summed E-state index contributed by atoms with van der Waals surface area (Å²) < 4.78 is 44.2. The maximum Gasteiger partial charge on any atom is 0.454 e. The van der Waals surface area contributed by atoms with Gasteiger partial charge in [-0.3, -0.25) is 4.79 Å². The first-order valence-electron chi connectivity index (χ1n) is 7.61. The monoisotopic (exact) mass is 346 g/mol. The molecule has 0 radical (unpaired) electrons. The zero-order valence-corrected chi connectivity index (χ0v) is 15.8. The lowest BCUT2D eigenvalue weighted by atomic mass is 9.99. The van der Waals surface area contributed by atoms with Gasteiger partial charge in [0.15, 0.2) is 0 Å². The number of alkyl halides is 3. The van der Waals surface area contributed by atoms with Crippen LogP contribution in [0.1, 0.15) is 56.5 Å². The third-order valence-electron chi connectivity index (χ3n) is 4.33. The second-order valence-corrected chi connectivity index (χ2v) is 12.3. The van der Waals surface area contributed by atoms with Crippen molar-refractivity contribution in [2.75, 3.05) is 0 Å². The SMILES string of the molecule is CC(C)c1ccc(C(=O)C(F)(F)F)cc1O[Si](C)(C)C(C)(C)C. The van der Waals surface area contributed by atoms with Crippen LogP contribution in [0.15, 0.2) is 18.2 Å². The average Bonchev–Trinajstić information content (AvgIpc) is 2.34. The Morgan fingerprint density at radius 3 is 2.04 bits per heavy atom. The molecule has 130 valence electrons. The molecule has 1 aromatic rings. The number of benzene rings is 1. The summed E-state index contributed by atoms with van der Waals surface area (Å²) in [5, 5.41) is -0.0920. The van der Waals surface area contributed by atoms with Gasteiger partial charge in [-0.15, -0.1) is 0 Å². The van der Waals surface area contributed by atoms with E-state index in [1.807, 2.05) is 26.9 Å². The lowest BCUT2D eigenvalue weighted by Crippen LogP contribution is -2.44. The molecule has 0 amide bonds. The second-order valence-electron chi connectivity index (χ2n) is 7.60. The zero-order chi connectivity index (χ0) is 18.2. The van der Waals surface area contributed by atoms with E-state index in [9.17, 15) is 18.0 Å². The first-order chi connectivity index (χ1) is 10.2. The van der Waals surface area contributed by atoms with Crippen molar-refractivity contribution in [3.8, 4) is 5.75 Å². The van der Waals surface area contributed by atoms with Crippen LogP contribution < -0.4 is 4.43 Å². The van der Waals surface area contributed by atoms with E-state index >= 15 is 0 Å². The van der Waals surface area contributed by atoms with Gasteiger partial charge in [-0.25, -0.2) is 0 Å². The quantitative estimate of drug-likeness (QED) is 0.498. The molecule has 0 fully saturated rings. The van der Waals surface area contributed by atoms with Crippen LogP contribution in [0.25, 0.3) is 0 Å². The smallest absolute Gasteiger partial charge is 0.454 e. The Morgan fingerprint density at radius 1 is 1.13 bits per heavy atom. The highest BCUT2D eigenvalue weighted by atomic mass is 28.4. The summed E-state index contributed by atoms with van der Waals surface area (Å²) in [5.41, 5.74) is 0.434. The van der Waals surface area contributed by atoms with Crippen LogP contribution in [0.4, 0.5) is 13.2 Å². The zero-order valence-electron chi connectivity index (χ0n) is 14.8. The summed E-state index contributed by atoms with van der Waals surface area (Å²) in [5.74, 6) is -1.36. The minimum Gasteiger partial charge on any atom is -0.543 e. The molecule has 0 heterocycles. The largest absolute Gasteiger partial charge is 0.543 e. The van der Waals surface area contributed by atoms with Crippen molar-refractivity contribution in [3.63, 3.8) is 0 Å². The Labute approximate surface area is 137 Å². The van der Waals surface area contributed by atoms with Crippen LogP contribution >= 0.6 is 0 Å². The van der Waals surface area contributed by atoms with Gasteiger partial charge >= 0.3 is 6.18 Å². The molecule has 1 aromatic carbocycles. The maximum atomic E-state index is 12.7. The Morgan fingerprint density at radius 2 is 1.65 bits per heavy atom. The van der Waals surface area contributed by atoms with Gasteiger partial charge in [-0.05, 0) is 35.7 Å². The average molecular weight is 346 g/mol. The van der Waals surface area contributed by atoms with Crippen LogP contribution in [0, 0.1) is 0 Å². The van der Waals surface area contributed by atoms with Crippen molar-refractivity contribution in [3.05, 3.63) is 29.3 Å². The third kappa shape index (κ3) is 4.59. The summed E-state index contributed by atoms with van der Waals surface area (Å²) in [4.78, 5) is 11.5. The van der Waals surface area contributed by atoms with Crippen LogP contribution in [0.5, 0.6) is 5.75 Å². The van der Waals surface area contributed by atoms with Crippen molar-refractivity contribution in [1.82, 2.24) is 0 Å². The topological polar surface area (TPSA) is 26.3 Å². The molecule has 0 N–H and O–H groups in total. The Kier molecular flexibility index (Phi) is 5.41. The molecule has 0 atom stereocenters. The highest BCUT2D eigenvalue weighted by molar-refractivity contribution is 6.74. The molecule has 23 heavy (non-hydrogen) atoms. The number of carbonyl (C=O) groups is 1. The fourth-order valence-corrected chi connectivity index (χ4v) is 2.87. The molecule has 1 rings (SSSR count). The molecule has 0 aliphatic rings. The highest BCUT2D eigenvalue weighted by Crippen LogP contribution is 2.40. The van der Waals surface area contributed by atoms with Crippen molar-refractivity contribution in [2.24, 2.45) is 0 Å². The number of halogens is 3. The van der Waals surface area contributed by atoms with E-state index in [1.54, 1.807) is 6.07 Å². The molecular formula is C17H25F3O2Si. The van der Waals surface area contributed by atoms with Crippen LogP contribution in [-0.2, 0) is 0 Å². The van der Waals surface area contributed by atoms with E-state index in [1.165, 1.54) is 12.1 Å². The minimum atomic E-state index is -4.88. The van der Waals surface area contributed by atoms with E-state index in [2.05, 4.69) is 20.8 Å². The van der Waals surface area contributed by atoms with E-state index in [0.29, 0.717) is 5.75 Å². The lowest BCUT2D eigenvalue weighted by molar-refractivity contribution is -0.0885. The summed E-state index contributed by atoms with van der Waals surface area (Å²) in [6.45, 7) is 14.1. The standard InChI is InChI=1S/C17H25F3O2Si/c1-11(2)13-9-8-12(15(21)17(18,19)20)10-14(13)22-23(6,7)16(3,4)5/h8-11H,1-7H3. The first-order valence-corrected chi connectivity index (χ1v) is 10.5. The minimum absolute atomic E-state index is 0.0878. The van der Waals surface area contributed by atoms with Gasteiger partial charge < -0.3 is 4.43 Å². The summed E-state index contributed by atoms with van der Waals surface area (Å²) in [6, 6.07) is 4.03. The third-order valence-corrected chi connectivity index (χ3v) is 8.67. The van der Waals surface area contributed by atoms with Gasteiger partial charge in [-0.2, -0.15) is 13.2 Å². The van der Waals surface area contributed by atoms with E-state index in [-0.39, 0.29) is 16.5 Å². The van der Waals surface area contributed by atoms with Crippen molar-refractivity contribution in [2.45, 2.75) is 64.8 Å². The Bertz CT molecular complexity index is 584. The van der Waals surface area contributed by atoms with E-state index < -0.39 is 20.3 Å².